The number of carbonyl (C=O) groups excluding carboxylic acids is 2. The largest absolute Gasteiger partial charge is 0.487 e. The van der Waals surface area contributed by atoms with Crippen LogP contribution in [0.5, 0.6) is 5.75 Å². The van der Waals surface area contributed by atoms with Crippen LogP contribution in [-0.2, 0) is 20.9 Å². The molecule has 3 aromatic carbocycles. The van der Waals surface area contributed by atoms with E-state index >= 15 is 0 Å². The van der Waals surface area contributed by atoms with E-state index in [1.165, 1.54) is 22.7 Å². The number of thiazole rings is 1. The molecule has 2 aromatic heterocycles. The molecule has 0 unspecified atom stereocenters. The zero-order valence-electron chi connectivity index (χ0n) is 25.8. The number of hydrogen-bond acceptors (Lipinski definition) is 9. The van der Waals surface area contributed by atoms with Gasteiger partial charge in [0.1, 0.15) is 18.4 Å². The van der Waals surface area contributed by atoms with Gasteiger partial charge in [-0.25, -0.2) is 14.6 Å². The minimum atomic E-state index is -0.680. The Morgan fingerprint density at radius 2 is 1.60 bits per heavy atom. The average Bonchev–Trinajstić information content (AvgIpc) is 3.73. The first-order chi connectivity index (χ1) is 23.3. The van der Waals surface area contributed by atoms with E-state index in [9.17, 15) is 14.4 Å². The Labute approximate surface area is 311 Å². The zero-order valence-corrected chi connectivity index (χ0v) is 31.7. The number of ether oxygens (including phenoxy) is 3. The van der Waals surface area contributed by atoms with Gasteiger partial charge in [-0.15, -0.1) is 11.3 Å². The number of thiophene rings is 1. The van der Waals surface area contributed by atoms with E-state index in [4.69, 9.17) is 19.2 Å². The van der Waals surface area contributed by atoms with Crippen molar-refractivity contribution in [2.75, 3.05) is 13.2 Å². The van der Waals surface area contributed by atoms with Crippen molar-refractivity contribution in [3.63, 3.8) is 0 Å². The fourth-order valence-electron chi connectivity index (χ4n) is 5.22. The maximum Gasteiger partial charge on any atom is 0.338 e. The first-order valence-electron chi connectivity index (χ1n) is 15.0. The molecule has 0 fully saturated rings. The number of rotatable bonds is 10. The smallest absolute Gasteiger partial charge is 0.338 e. The highest BCUT2D eigenvalue weighted by atomic mass is 127. The van der Waals surface area contributed by atoms with Crippen LogP contribution >= 0.6 is 67.9 Å². The van der Waals surface area contributed by atoms with Crippen molar-refractivity contribution in [3.8, 4) is 5.75 Å². The molecule has 3 heterocycles. The predicted octanol–water partition coefficient (Wildman–Crippen LogP) is 6.96. The van der Waals surface area contributed by atoms with Crippen molar-refractivity contribution in [1.29, 1.82) is 0 Å². The molecule has 244 valence electrons. The lowest BCUT2D eigenvalue weighted by Gasteiger charge is -2.24. The number of aromatic nitrogens is 1. The molecule has 12 heteroatoms. The summed E-state index contributed by atoms with van der Waals surface area (Å²) in [6, 6.07) is 23.8. The molecule has 0 spiro atoms. The summed E-state index contributed by atoms with van der Waals surface area (Å²) < 4.78 is 20.6. The molecule has 0 radical (unpaired) electrons. The fourth-order valence-corrected chi connectivity index (χ4v) is 9.17. The predicted molar refractivity (Wildman–Crippen MR) is 204 cm³/mol. The van der Waals surface area contributed by atoms with E-state index in [0.717, 1.165) is 34.5 Å². The zero-order chi connectivity index (χ0) is 33.8. The molecule has 0 aliphatic carbocycles. The second-order valence-electron chi connectivity index (χ2n) is 10.5. The quantitative estimate of drug-likeness (QED) is 0.111. The van der Waals surface area contributed by atoms with E-state index < -0.39 is 12.0 Å². The number of carbonyl (C=O) groups is 2. The summed E-state index contributed by atoms with van der Waals surface area (Å²) in [5, 5.41) is 1.93. The van der Waals surface area contributed by atoms with Gasteiger partial charge in [0.05, 0.1) is 41.7 Å². The topological polar surface area (TPSA) is 96.2 Å². The monoisotopic (exact) mass is 902 g/mol. The van der Waals surface area contributed by atoms with Crippen LogP contribution in [0.25, 0.3) is 11.8 Å². The molecule has 0 N–H and O–H groups in total. The van der Waals surface area contributed by atoms with Gasteiger partial charge in [0, 0.05) is 10.4 Å². The van der Waals surface area contributed by atoms with Crippen molar-refractivity contribution >= 4 is 91.6 Å². The van der Waals surface area contributed by atoms with Crippen molar-refractivity contribution in [3.05, 3.63) is 144 Å². The van der Waals surface area contributed by atoms with E-state index in [1.807, 2.05) is 78.2 Å². The number of hydrogen-bond donors (Lipinski definition) is 0. The third-order valence-corrected chi connectivity index (χ3v) is 10.9. The molecular weight excluding hydrogens is 874 g/mol. The SMILES string of the molecule is CCOC(=O)C1=C(c2ccccc2)N=c2s/c(=C\c3cc(I)c(OCc4ccc(C(=O)OCC)cc4)c(I)c3)c(=O)n2[C@@H]1c1cccs1. The lowest BCUT2D eigenvalue weighted by Crippen LogP contribution is -2.39. The first kappa shape index (κ1) is 34.3. The van der Waals surface area contributed by atoms with Crippen LogP contribution in [0.1, 0.15) is 51.8 Å². The molecular formula is C36H28I2N2O6S2. The third-order valence-electron chi connectivity index (χ3n) is 7.35. The summed E-state index contributed by atoms with van der Waals surface area (Å²) in [7, 11) is 0. The van der Waals surface area contributed by atoms with Gasteiger partial charge in [-0.2, -0.15) is 0 Å². The first-order valence-corrected chi connectivity index (χ1v) is 18.8. The Hall–Kier alpha value is -3.60. The van der Waals surface area contributed by atoms with Crippen LogP contribution in [0.2, 0.25) is 0 Å². The minimum Gasteiger partial charge on any atom is -0.487 e. The van der Waals surface area contributed by atoms with Crippen LogP contribution in [-0.4, -0.2) is 29.7 Å². The van der Waals surface area contributed by atoms with Crippen LogP contribution in [0.15, 0.2) is 99.6 Å². The standard InChI is InChI=1S/C36H28I2N2O6S2/c1-3-44-34(42)24-14-12-21(13-15-24)20-46-32-25(37)17-22(18-26(32)38)19-28-33(41)40-31(27-11-8-16-47-27)29(35(43)45-4-2)30(39-36(40)48-28)23-9-6-5-7-10-23/h5-19,31H,3-4,20H2,1-2H3/b28-19-/t31-/m1/s1. The van der Waals surface area contributed by atoms with Crippen LogP contribution in [0, 0.1) is 7.14 Å². The summed E-state index contributed by atoms with van der Waals surface area (Å²) in [6.07, 6.45) is 1.85. The highest BCUT2D eigenvalue weighted by Crippen LogP contribution is 2.37. The van der Waals surface area contributed by atoms with Gasteiger partial charge in [-0.3, -0.25) is 9.36 Å². The van der Waals surface area contributed by atoms with Crippen molar-refractivity contribution < 1.29 is 23.8 Å². The summed E-state index contributed by atoms with van der Waals surface area (Å²) in [5.74, 6) is -0.119. The molecule has 0 saturated carbocycles. The van der Waals surface area contributed by atoms with Gasteiger partial charge in [0.25, 0.3) is 5.56 Å². The van der Waals surface area contributed by atoms with Crippen LogP contribution < -0.4 is 19.6 Å². The number of benzene rings is 3. The molecule has 1 aliphatic rings. The highest BCUT2D eigenvalue weighted by Gasteiger charge is 2.35. The Kier molecular flexibility index (Phi) is 10.9. The lowest BCUT2D eigenvalue weighted by atomic mass is 9.97. The lowest BCUT2D eigenvalue weighted by molar-refractivity contribution is -0.138. The molecule has 1 atom stereocenters. The van der Waals surface area contributed by atoms with Gasteiger partial charge >= 0.3 is 11.9 Å². The van der Waals surface area contributed by atoms with Crippen molar-refractivity contribution in [2.45, 2.75) is 26.5 Å². The Morgan fingerprint density at radius 1 is 0.917 bits per heavy atom. The minimum absolute atomic E-state index is 0.199. The molecule has 6 rings (SSSR count). The normalized spacial score (nSPS) is 14.3. The molecule has 48 heavy (non-hydrogen) atoms. The van der Waals surface area contributed by atoms with Crippen molar-refractivity contribution in [2.24, 2.45) is 4.99 Å². The van der Waals surface area contributed by atoms with E-state index in [0.29, 0.717) is 39.4 Å². The highest BCUT2D eigenvalue weighted by molar-refractivity contribution is 14.1. The maximum atomic E-state index is 14.1. The summed E-state index contributed by atoms with van der Waals surface area (Å²) in [4.78, 5) is 45.9. The Morgan fingerprint density at radius 3 is 2.25 bits per heavy atom. The van der Waals surface area contributed by atoms with Crippen molar-refractivity contribution in [1.82, 2.24) is 4.57 Å². The van der Waals surface area contributed by atoms with Gasteiger partial charge < -0.3 is 14.2 Å². The number of esters is 2. The second kappa shape index (κ2) is 15.3. The number of nitrogens with zero attached hydrogens (tertiary/aromatic N) is 2. The summed E-state index contributed by atoms with van der Waals surface area (Å²) in [5.41, 5.74) is 3.62. The summed E-state index contributed by atoms with van der Waals surface area (Å²) >= 11 is 7.24. The molecule has 1 aliphatic heterocycles. The van der Waals surface area contributed by atoms with Crippen LogP contribution in [0.3, 0.4) is 0 Å². The molecule has 0 saturated heterocycles. The molecule has 0 amide bonds. The van der Waals surface area contributed by atoms with E-state index in [2.05, 4.69) is 45.2 Å². The number of halogens is 2. The van der Waals surface area contributed by atoms with Crippen LogP contribution in [0.4, 0.5) is 0 Å². The summed E-state index contributed by atoms with van der Waals surface area (Å²) in [6.45, 7) is 4.39. The fraction of sp³-hybridized carbons (Fsp3) is 0.167. The number of fused-ring (bicyclic) bond motifs is 1. The average molecular weight is 903 g/mol. The molecule has 5 aromatic rings. The maximum absolute atomic E-state index is 14.1. The van der Waals surface area contributed by atoms with E-state index in [1.54, 1.807) is 30.5 Å². The van der Waals surface area contributed by atoms with Gasteiger partial charge in [-0.05, 0) is 112 Å². The van der Waals surface area contributed by atoms with Gasteiger partial charge in [-0.1, -0.05) is 59.9 Å². The van der Waals surface area contributed by atoms with Gasteiger partial charge in [0.15, 0.2) is 4.80 Å². The Bertz CT molecular complexity index is 2170. The van der Waals surface area contributed by atoms with Gasteiger partial charge in [0.2, 0.25) is 0 Å². The van der Waals surface area contributed by atoms with E-state index in [-0.39, 0.29) is 18.1 Å². The Balaban J connectivity index is 1.36. The third kappa shape index (κ3) is 7.21. The second-order valence-corrected chi connectivity index (χ2v) is 14.8. The molecule has 0 bridgehead atoms. The molecule has 8 nitrogen and oxygen atoms in total.